The highest BCUT2D eigenvalue weighted by Gasteiger charge is 2.34. The van der Waals surface area contributed by atoms with Gasteiger partial charge in [0.1, 0.15) is 17.4 Å². The number of nitro groups is 1. The van der Waals surface area contributed by atoms with Gasteiger partial charge in [-0.3, -0.25) is 14.9 Å². The number of nitrogens with zero attached hydrogens (tertiary/aromatic N) is 4. The van der Waals surface area contributed by atoms with E-state index in [4.69, 9.17) is 28.8 Å². The Morgan fingerprint density at radius 2 is 1.59 bits per heavy atom. The first kappa shape index (κ1) is 30.8. The summed E-state index contributed by atoms with van der Waals surface area (Å²) in [5, 5.41) is 29.3. The summed E-state index contributed by atoms with van der Waals surface area (Å²) in [7, 11) is 1.29. The fourth-order valence-electron chi connectivity index (χ4n) is 3.37. The van der Waals surface area contributed by atoms with Crippen molar-refractivity contribution in [2.24, 2.45) is 5.92 Å². The molecule has 2 rings (SSSR count). The molecule has 2 atom stereocenters. The summed E-state index contributed by atoms with van der Waals surface area (Å²) in [6.07, 6.45) is -6.03. The van der Waals surface area contributed by atoms with Crippen LogP contribution in [0.5, 0.6) is 11.5 Å². The zero-order valence-corrected chi connectivity index (χ0v) is 22.9. The molecule has 1 aromatic heterocycles. The number of carbonyl (C=O) groups excluding carboxylic acids is 2. The van der Waals surface area contributed by atoms with Crippen LogP contribution in [0.3, 0.4) is 0 Å². The van der Waals surface area contributed by atoms with Gasteiger partial charge in [0.15, 0.2) is 17.2 Å². The molecule has 0 spiro atoms. The van der Waals surface area contributed by atoms with E-state index in [2.05, 4.69) is 10.2 Å². The third-order valence-corrected chi connectivity index (χ3v) is 4.97. The lowest BCUT2D eigenvalue weighted by Crippen LogP contribution is -2.26. The fourth-order valence-corrected chi connectivity index (χ4v) is 3.37. The van der Waals surface area contributed by atoms with Crippen LogP contribution in [0, 0.1) is 16.0 Å². The second-order valence-corrected chi connectivity index (χ2v) is 9.22. The summed E-state index contributed by atoms with van der Waals surface area (Å²) < 4.78 is 26.0. The maximum absolute atomic E-state index is 13.7. The fraction of sp³-hybridized carbons (Fsp3) is 0.542. The summed E-state index contributed by atoms with van der Waals surface area (Å²) in [5.74, 6) is -1.34. The molecule has 214 valence electrons. The summed E-state index contributed by atoms with van der Waals surface area (Å²) in [4.78, 5) is 49.2. The van der Waals surface area contributed by atoms with Crippen molar-refractivity contribution in [1.82, 2.24) is 15.0 Å². The van der Waals surface area contributed by atoms with E-state index in [9.17, 15) is 24.5 Å². The zero-order valence-electron chi connectivity index (χ0n) is 22.9. The molecule has 0 aliphatic heterocycles. The Balaban J connectivity index is 2.73. The zero-order chi connectivity index (χ0) is 29.6. The van der Waals surface area contributed by atoms with Gasteiger partial charge >= 0.3 is 12.3 Å². The van der Waals surface area contributed by atoms with Crippen molar-refractivity contribution in [1.29, 1.82) is 0 Å². The van der Waals surface area contributed by atoms with Gasteiger partial charge < -0.3 is 28.8 Å². The SMILES string of the molecule is COc1cc([N+](=O)[O-])c(C(=O)c2nn(C(OC(=O)OC(C)C)C(C)C)nc2C(C)OC(=O)O)cc1OC(C)C. The van der Waals surface area contributed by atoms with Gasteiger partial charge in [-0.1, -0.05) is 13.8 Å². The topological polar surface area (TPSA) is 191 Å². The van der Waals surface area contributed by atoms with E-state index in [1.165, 1.54) is 14.0 Å². The molecule has 15 heteroatoms. The molecule has 2 aromatic rings. The number of aromatic nitrogens is 3. The van der Waals surface area contributed by atoms with Crippen LogP contribution >= 0.6 is 0 Å². The van der Waals surface area contributed by atoms with E-state index < -0.39 is 64.3 Å². The second kappa shape index (κ2) is 12.9. The third-order valence-electron chi connectivity index (χ3n) is 4.97. The van der Waals surface area contributed by atoms with Gasteiger partial charge in [0, 0.05) is 12.0 Å². The van der Waals surface area contributed by atoms with E-state index in [1.807, 2.05) is 0 Å². The Bertz CT molecular complexity index is 1220. The van der Waals surface area contributed by atoms with Crippen molar-refractivity contribution in [3.05, 3.63) is 39.2 Å². The van der Waals surface area contributed by atoms with Gasteiger partial charge in [0.25, 0.3) is 5.69 Å². The second-order valence-electron chi connectivity index (χ2n) is 9.22. The number of benzene rings is 1. The van der Waals surface area contributed by atoms with Crippen molar-refractivity contribution in [2.45, 2.75) is 73.0 Å². The van der Waals surface area contributed by atoms with Crippen molar-refractivity contribution >= 4 is 23.8 Å². The van der Waals surface area contributed by atoms with Crippen molar-refractivity contribution < 1.29 is 48.1 Å². The number of rotatable bonds is 12. The first-order chi connectivity index (χ1) is 18.2. The number of carboxylic acid groups (broad SMARTS) is 1. The lowest BCUT2D eigenvalue weighted by Gasteiger charge is -2.20. The van der Waals surface area contributed by atoms with Gasteiger partial charge in [0.2, 0.25) is 12.0 Å². The van der Waals surface area contributed by atoms with E-state index >= 15 is 0 Å². The highest BCUT2D eigenvalue weighted by molar-refractivity contribution is 6.11. The molecular formula is C24H32N4O11. The highest BCUT2D eigenvalue weighted by atomic mass is 16.7. The molecule has 0 saturated heterocycles. The molecule has 1 aromatic carbocycles. The van der Waals surface area contributed by atoms with Crippen LogP contribution in [0.4, 0.5) is 15.3 Å². The molecule has 0 radical (unpaired) electrons. The maximum atomic E-state index is 13.7. The van der Waals surface area contributed by atoms with Crippen LogP contribution in [0.15, 0.2) is 12.1 Å². The smallest absolute Gasteiger partial charge is 0.493 e. The first-order valence-corrected chi connectivity index (χ1v) is 12.0. The van der Waals surface area contributed by atoms with E-state index in [-0.39, 0.29) is 23.3 Å². The molecule has 15 nitrogen and oxygen atoms in total. The average molecular weight is 553 g/mol. The normalized spacial score (nSPS) is 12.7. The van der Waals surface area contributed by atoms with Crippen LogP contribution in [-0.2, 0) is 14.2 Å². The molecule has 1 N–H and O–H groups in total. The largest absolute Gasteiger partial charge is 0.510 e. The minimum Gasteiger partial charge on any atom is -0.493 e. The molecule has 1 heterocycles. The molecule has 2 unspecified atom stereocenters. The van der Waals surface area contributed by atoms with E-state index in [0.717, 1.165) is 16.9 Å². The Labute approximate surface area is 224 Å². The van der Waals surface area contributed by atoms with Crippen LogP contribution < -0.4 is 9.47 Å². The van der Waals surface area contributed by atoms with Gasteiger partial charge in [-0.15, -0.1) is 15.0 Å². The minimum absolute atomic E-state index is 0.0235. The summed E-state index contributed by atoms with van der Waals surface area (Å²) >= 11 is 0. The quantitative estimate of drug-likeness (QED) is 0.165. The summed E-state index contributed by atoms with van der Waals surface area (Å²) in [6.45, 7) is 11.3. The van der Waals surface area contributed by atoms with Gasteiger partial charge in [-0.2, -0.15) is 0 Å². The van der Waals surface area contributed by atoms with Gasteiger partial charge in [-0.05, 0) is 34.6 Å². The van der Waals surface area contributed by atoms with Gasteiger partial charge in [0.05, 0.1) is 30.3 Å². The van der Waals surface area contributed by atoms with Gasteiger partial charge in [-0.25, -0.2) is 9.59 Å². The lowest BCUT2D eigenvalue weighted by molar-refractivity contribution is -0.385. The molecule has 0 fully saturated rings. The molecule has 0 amide bonds. The van der Waals surface area contributed by atoms with Crippen molar-refractivity contribution in [3.8, 4) is 11.5 Å². The Morgan fingerprint density at radius 3 is 2.08 bits per heavy atom. The molecule has 0 aliphatic rings. The maximum Gasteiger partial charge on any atom is 0.510 e. The van der Waals surface area contributed by atoms with E-state index in [1.54, 1.807) is 41.5 Å². The van der Waals surface area contributed by atoms with Crippen molar-refractivity contribution in [2.75, 3.05) is 7.11 Å². The standard InChI is InChI=1S/C24H32N4O11/c1-11(2)22(39-24(32)37-13(5)6)27-25-19(14(7)38-23(30)31)20(26-27)21(29)15-9-18(36-12(3)4)17(35-8)10-16(15)28(33)34/h9-14,22H,1-8H3,(H,30,31). The number of nitro benzene ring substituents is 1. The lowest BCUT2D eigenvalue weighted by atomic mass is 10.0. The van der Waals surface area contributed by atoms with Crippen LogP contribution in [-0.4, -0.2) is 62.4 Å². The molecule has 39 heavy (non-hydrogen) atoms. The molecule has 0 saturated carbocycles. The Hall–Kier alpha value is -4.43. The molecule has 0 aliphatic carbocycles. The number of ketones is 1. The predicted molar refractivity (Wildman–Crippen MR) is 133 cm³/mol. The molecular weight excluding hydrogens is 520 g/mol. The minimum atomic E-state index is -1.66. The summed E-state index contributed by atoms with van der Waals surface area (Å²) in [6, 6.07) is 2.18. The van der Waals surface area contributed by atoms with Crippen LogP contribution in [0.2, 0.25) is 0 Å². The van der Waals surface area contributed by atoms with Crippen LogP contribution in [0.1, 0.15) is 82.5 Å². The van der Waals surface area contributed by atoms with Crippen molar-refractivity contribution in [3.63, 3.8) is 0 Å². The van der Waals surface area contributed by atoms with E-state index in [0.29, 0.717) is 0 Å². The monoisotopic (exact) mass is 552 g/mol. The highest BCUT2D eigenvalue weighted by Crippen LogP contribution is 2.37. The summed E-state index contributed by atoms with van der Waals surface area (Å²) in [5.41, 5.74) is -1.75. The average Bonchev–Trinajstić information content (AvgIpc) is 3.25. The number of ether oxygens (including phenoxy) is 5. The molecule has 0 bridgehead atoms. The Morgan fingerprint density at radius 1 is 0.949 bits per heavy atom. The first-order valence-electron chi connectivity index (χ1n) is 12.0. The van der Waals surface area contributed by atoms with Crippen LogP contribution in [0.25, 0.3) is 0 Å². The predicted octanol–water partition coefficient (Wildman–Crippen LogP) is 4.68. The number of carbonyl (C=O) groups is 3. The number of hydrogen-bond donors (Lipinski definition) is 1. The number of methoxy groups -OCH3 is 1. The Kier molecular flexibility index (Phi) is 10.2. The third kappa shape index (κ3) is 7.78. The number of hydrogen-bond acceptors (Lipinski definition) is 12.